The number of nitrogens with one attached hydrogen (secondary N) is 1. The van der Waals surface area contributed by atoms with Gasteiger partial charge in [0.1, 0.15) is 16.8 Å². The Morgan fingerprint density at radius 3 is 2.74 bits per heavy atom. The fraction of sp³-hybridized carbons (Fsp3) is 0.0455. The Kier molecular flexibility index (Phi) is 4.45. The lowest BCUT2D eigenvalue weighted by atomic mass is 10.1. The highest BCUT2D eigenvalue weighted by Gasteiger charge is 2.25. The monoisotopic (exact) mass is 434 g/mol. The summed E-state index contributed by atoms with van der Waals surface area (Å²) in [5, 5.41) is 14.7. The van der Waals surface area contributed by atoms with Gasteiger partial charge in [0.05, 0.1) is 17.7 Å². The molecule has 3 aromatic heterocycles. The van der Waals surface area contributed by atoms with Crippen molar-refractivity contribution in [1.82, 2.24) is 4.98 Å². The van der Waals surface area contributed by atoms with Crippen molar-refractivity contribution in [2.45, 2.75) is 0 Å². The maximum Gasteiger partial charge on any atom is 0.339 e. The lowest BCUT2D eigenvalue weighted by Gasteiger charge is -2.03. The van der Waals surface area contributed by atoms with Crippen molar-refractivity contribution in [2.75, 3.05) is 12.4 Å². The normalized spacial score (nSPS) is 11.1. The molecule has 31 heavy (non-hydrogen) atoms. The topological polar surface area (TPSA) is 115 Å². The number of oxazole rings is 1. The van der Waals surface area contributed by atoms with E-state index in [0.717, 1.165) is 16.7 Å². The van der Waals surface area contributed by atoms with Crippen LogP contribution in [0.15, 0.2) is 62.7 Å². The van der Waals surface area contributed by atoms with Crippen molar-refractivity contribution in [1.29, 1.82) is 0 Å². The zero-order chi connectivity index (χ0) is 21.5. The standard InChI is InChI=1S/C22H14N2O6S/c1-28-15-8-4-5-11-9-16(29-18(11)15)19-17(22(26)27)13(10-31-19)23-20(25)21-24-12-6-2-3-7-14(12)30-21/h2-10H,1H3,(H,23,25)(H,26,27). The van der Waals surface area contributed by atoms with Gasteiger partial charge in [0.15, 0.2) is 16.9 Å². The number of carbonyl (C=O) groups excluding carboxylic acids is 1. The number of fused-ring (bicyclic) bond motifs is 2. The van der Waals surface area contributed by atoms with Gasteiger partial charge < -0.3 is 24.0 Å². The molecule has 2 N–H and O–H groups in total. The zero-order valence-corrected chi connectivity index (χ0v) is 16.9. The molecule has 0 fully saturated rings. The molecule has 2 aromatic carbocycles. The second kappa shape index (κ2) is 7.29. The molecular formula is C22H14N2O6S. The maximum absolute atomic E-state index is 12.6. The van der Waals surface area contributed by atoms with Crippen molar-refractivity contribution >= 4 is 51.0 Å². The van der Waals surface area contributed by atoms with E-state index in [-0.39, 0.29) is 17.1 Å². The molecule has 0 aliphatic rings. The van der Waals surface area contributed by atoms with Crippen molar-refractivity contribution in [2.24, 2.45) is 0 Å². The molecule has 1 amide bonds. The third-order valence-corrected chi connectivity index (χ3v) is 5.69. The summed E-state index contributed by atoms with van der Waals surface area (Å²) in [4.78, 5) is 29.2. The SMILES string of the molecule is COc1cccc2cc(-c3scc(NC(=O)c4nc5ccccc5o4)c3C(=O)O)oc12. The zero-order valence-electron chi connectivity index (χ0n) is 16.0. The number of hydrogen-bond acceptors (Lipinski definition) is 7. The Bertz CT molecular complexity index is 1430. The Labute approximate surface area is 178 Å². The number of para-hydroxylation sites is 3. The van der Waals surface area contributed by atoms with Crippen molar-refractivity contribution < 1.29 is 28.3 Å². The van der Waals surface area contributed by atoms with Gasteiger partial charge in [-0.3, -0.25) is 4.79 Å². The molecular weight excluding hydrogens is 420 g/mol. The summed E-state index contributed by atoms with van der Waals surface area (Å²) >= 11 is 1.15. The summed E-state index contributed by atoms with van der Waals surface area (Å²) in [6.45, 7) is 0. The fourth-order valence-electron chi connectivity index (χ4n) is 3.30. The molecule has 0 aliphatic carbocycles. The van der Waals surface area contributed by atoms with Gasteiger partial charge in [-0.1, -0.05) is 24.3 Å². The summed E-state index contributed by atoms with van der Waals surface area (Å²) in [6, 6.07) is 14.1. The first-order valence-corrected chi connectivity index (χ1v) is 10.0. The van der Waals surface area contributed by atoms with E-state index in [1.807, 2.05) is 12.1 Å². The molecule has 3 heterocycles. The minimum Gasteiger partial charge on any atom is -0.493 e. The number of thiophene rings is 1. The summed E-state index contributed by atoms with van der Waals surface area (Å²) in [6.07, 6.45) is 0. The number of benzene rings is 2. The van der Waals surface area contributed by atoms with Gasteiger partial charge in [-0.25, -0.2) is 9.78 Å². The second-order valence-corrected chi connectivity index (χ2v) is 7.47. The number of carboxylic acids is 1. The van der Waals surface area contributed by atoms with Crippen LogP contribution in [0.3, 0.4) is 0 Å². The first kappa shape index (κ1) is 18.9. The molecule has 0 unspecified atom stereocenters. The molecule has 0 saturated heterocycles. The van der Waals surface area contributed by atoms with E-state index in [9.17, 15) is 14.7 Å². The van der Waals surface area contributed by atoms with Crippen LogP contribution in [0, 0.1) is 0 Å². The predicted molar refractivity (Wildman–Crippen MR) is 115 cm³/mol. The van der Waals surface area contributed by atoms with E-state index in [2.05, 4.69) is 10.3 Å². The number of rotatable bonds is 5. The molecule has 9 heteroatoms. The Morgan fingerprint density at radius 1 is 1.13 bits per heavy atom. The lowest BCUT2D eigenvalue weighted by Crippen LogP contribution is -2.14. The molecule has 0 saturated carbocycles. The molecule has 5 aromatic rings. The van der Waals surface area contributed by atoms with Gasteiger partial charge in [0.2, 0.25) is 0 Å². The van der Waals surface area contributed by atoms with Crippen molar-refractivity contribution in [3.8, 4) is 16.4 Å². The Hall–Kier alpha value is -4.11. The molecule has 5 rings (SSSR count). The Balaban J connectivity index is 1.52. The summed E-state index contributed by atoms with van der Waals surface area (Å²) in [5.74, 6) is -1.09. The summed E-state index contributed by atoms with van der Waals surface area (Å²) in [7, 11) is 1.53. The number of carboxylic acid groups (broad SMARTS) is 1. The number of furan rings is 1. The molecule has 0 spiro atoms. The number of amides is 1. The number of hydrogen-bond donors (Lipinski definition) is 2. The number of ether oxygens (including phenoxy) is 1. The van der Waals surface area contributed by atoms with E-state index < -0.39 is 11.9 Å². The molecule has 8 nitrogen and oxygen atoms in total. The van der Waals surface area contributed by atoms with Crippen LogP contribution >= 0.6 is 11.3 Å². The van der Waals surface area contributed by atoms with Gasteiger partial charge in [0, 0.05) is 10.8 Å². The van der Waals surface area contributed by atoms with Crippen LogP contribution in [0.1, 0.15) is 21.0 Å². The van der Waals surface area contributed by atoms with Crippen molar-refractivity contribution in [3.05, 3.63) is 65.4 Å². The van der Waals surface area contributed by atoms with E-state index >= 15 is 0 Å². The Morgan fingerprint density at radius 2 is 1.97 bits per heavy atom. The number of anilines is 1. The average Bonchev–Trinajstić information content (AvgIpc) is 3.48. The number of nitrogens with zero attached hydrogens (tertiary/aromatic N) is 1. The van der Waals surface area contributed by atoms with Crippen LogP contribution in [0.4, 0.5) is 5.69 Å². The molecule has 0 bridgehead atoms. The molecule has 0 atom stereocenters. The maximum atomic E-state index is 12.6. The predicted octanol–water partition coefficient (Wildman–Crippen LogP) is 5.26. The highest BCUT2D eigenvalue weighted by Crippen LogP contribution is 2.40. The van der Waals surface area contributed by atoms with Gasteiger partial charge in [-0.05, 0) is 24.3 Å². The second-order valence-electron chi connectivity index (χ2n) is 6.59. The van der Waals surface area contributed by atoms with E-state index in [1.54, 1.807) is 41.8 Å². The van der Waals surface area contributed by atoms with Crippen LogP contribution < -0.4 is 10.1 Å². The van der Waals surface area contributed by atoms with E-state index in [0.29, 0.717) is 33.1 Å². The summed E-state index contributed by atoms with van der Waals surface area (Å²) < 4.78 is 16.7. The highest BCUT2D eigenvalue weighted by molar-refractivity contribution is 7.14. The minimum absolute atomic E-state index is 0.0764. The van der Waals surface area contributed by atoms with Crippen LogP contribution in [0.5, 0.6) is 5.75 Å². The third-order valence-electron chi connectivity index (χ3n) is 4.69. The smallest absolute Gasteiger partial charge is 0.339 e. The van der Waals surface area contributed by atoms with E-state index in [4.69, 9.17) is 13.6 Å². The van der Waals surface area contributed by atoms with Crippen LogP contribution in [-0.4, -0.2) is 29.1 Å². The lowest BCUT2D eigenvalue weighted by molar-refractivity contribution is 0.0699. The first-order chi connectivity index (χ1) is 15.0. The minimum atomic E-state index is -1.20. The average molecular weight is 434 g/mol. The fourth-order valence-corrected chi connectivity index (χ4v) is 4.24. The largest absolute Gasteiger partial charge is 0.493 e. The van der Waals surface area contributed by atoms with Crippen LogP contribution in [0.2, 0.25) is 0 Å². The summed E-state index contributed by atoms with van der Waals surface area (Å²) in [5.41, 5.74) is 1.57. The highest BCUT2D eigenvalue weighted by atomic mass is 32.1. The van der Waals surface area contributed by atoms with Gasteiger partial charge >= 0.3 is 11.9 Å². The quantitative estimate of drug-likeness (QED) is 0.388. The molecule has 0 aliphatic heterocycles. The first-order valence-electron chi connectivity index (χ1n) is 9.14. The van der Waals surface area contributed by atoms with Crippen LogP contribution in [-0.2, 0) is 0 Å². The van der Waals surface area contributed by atoms with Crippen LogP contribution in [0.25, 0.3) is 32.7 Å². The van der Waals surface area contributed by atoms with Gasteiger partial charge in [0.25, 0.3) is 5.89 Å². The van der Waals surface area contributed by atoms with E-state index in [1.165, 1.54) is 7.11 Å². The number of aromatic nitrogens is 1. The van der Waals surface area contributed by atoms with Gasteiger partial charge in [-0.15, -0.1) is 11.3 Å². The molecule has 154 valence electrons. The van der Waals surface area contributed by atoms with Crippen molar-refractivity contribution in [3.63, 3.8) is 0 Å². The number of aromatic carboxylic acids is 1. The number of methoxy groups -OCH3 is 1. The third kappa shape index (κ3) is 3.21. The molecule has 0 radical (unpaired) electrons. The van der Waals surface area contributed by atoms with Gasteiger partial charge in [-0.2, -0.15) is 0 Å². The number of carbonyl (C=O) groups is 2.